The van der Waals surface area contributed by atoms with Crippen LogP contribution in [0.4, 0.5) is 5.69 Å². The number of benzene rings is 2. The van der Waals surface area contributed by atoms with Crippen LogP contribution >= 0.6 is 0 Å². The lowest BCUT2D eigenvalue weighted by atomic mass is 9.87. The van der Waals surface area contributed by atoms with Crippen LogP contribution < -0.4 is 10.1 Å². The fraction of sp³-hybridized carbons (Fsp3) is 0.462. The van der Waals surface area contributed by atoms with E-state index in [1.54, 1.807) is 29.2 Å². The molecule has 6 heteroatoms. The third kappa shape index (κ3) is 6.33. The number of carbonyl (C=O) groups excluding carboxylic acids is 2. The van der Waals surface area contributed by atoms with Crippen LogP contribution in [0, 0.1) is 19.3 Å². The highest BCUT2D eigenvalue weighted by molar-refractivity contribution is 5.97. The van der Waals surface area contributed by atoms with Gasteiger partial charge in [-0.2, -0.15) is 0 Å². The molecule has 0 spiro atoms. The van der Waals surface area contributed by atoms with Crippen LogP contribution in [0.5, 0.6) is 5.75 Å². The summed E-state index contributed by atoms with van der Waals surface area (Å²) in [6.07, 6.45) is 1.48. The average molecular weight is 439 g/mol. The van der Waals surface area contributed by atoms with E-state index in [2.05, 4.69) is 17.4 Å². The molecule has 1 N–H and O–H groups in total. The highest BCUT2D eigenvalue weighted by Gasteiger charge is 2.27. The molecule has 2 aromatic rings. The fourth-order valence-electron chi connectivity index (χ4n) is 3.62. The Bertz CT molecular complexity index is 931. The Morgan fingerprint density at radius 3 is 2.44 bits per heavy atom. The van der Waals surface area contributed by atoms with E-state index in [0.29, 0.717) is 50.6 Å². The molecule has 0 aromatic heterocycles. The Balaban J connectivity index is 1.48. The van der Waals surface area contributed by atoms with Crippen molar-refractivity contribution in [1.29, 1.82) is 0 Å². The van der Waals surface area contributed by atoms with Gasteiger partial charge in [-0.25, -0.2) is 0 Å². The fourth-order valence-corrected chi connectivity index (χ4v) is 3.62. The van der Waals surface area contributed by atoms with Crippen molar-refractivity contribution in [2.24, 2.45) is 5.41 Å². The molecular formula is C26H34N2O4. The van der Waals surface area contributed by atoms with Crippen molar-refractivity contribution in [2.75, 3.05) is 38.2 Å². The molecule has 1 aliphatic rings. The second-order valence-electron chi connectivity index (χ2n) is 9.04. The van der Waals surface area contributed by atoms with Crippen LogP contribution in [0.3, 0.4) is 0 Å². The quantitative estimate of drug-likeness (QED) is 0.612. The smallest absolute Gasteiger partial charge is 0.254 e. The Morgan fingerprint density at radius 2 is 1.75 bits per heavy atom. The maximum Gasteiger partial charge on any atom is 0.254 e. The topological polar surface area (TPSA) is 67.9 Å². The zero-order valence-electron chi connectivity index (χ0n) is 19.6. The van der Waals surface area contributed by atoms with Crippen molar-refractivity contribution in [1.82, 2.24) is 4.90 Å². The summed E-state index contributed by atoms with van der Waals surface area (Å²) in [7, 11) is 0. The van der Waals surface area contributed by atoms with Crippen molar-refractivity contribution >= 4 is 17.5 Å². The highest BCUT2D eigenvalue weighted by atomic mass is 16.5. The maximum atomic E-state index is 12.8. The van der Waals surface area contributed by atoms with Gasteiger partial charge in [-0.3, -0.25) is 9.59 Å². The van der Waals surface area contributed by atoms with Crippen molar-refractivity contribution in [3.63, 3.8) is 0 Å². The van der Waals surface area contributed by atoms with Gasteiger partial charge in [0.05, 0.1) is 19.8 Å². The van der Waals surface area contributed by atoms with Crippen LogP contribution in [0.2, 0.25) is 0 Å². The number of hydrogen-bond donors (Lipinski definition) is 1. The van der Waals surface area contributed by atoms with Gasteiger partial charge in [-0.15, -0.1) is 0 Å². The van der Waals surface area contributed by atoms with Gasteiger partial charge in [0.2, 0.25) is 5.91 Å². The Kier molecular flexibility index (Phi) is 7.91. The first kappa shape index (κ1) is 23.8. The molecule has 1 saturated heterocycles. The molecule has 1 fully saturated rings. The number of amides is 2. The largest absolute Gasteiger partial charge is 0.493 e. The number of nitrogens with zero attached hydrogens (tertiary/aromatic N) is 1. The summed E-state index contributed by atoms with van der Waals surface area (Å²) in [5, 5.41) is 2.98. The number of anilines is 1. The Labute approximate surface area is 190 Å². The van der Waals surface area contributed by atoms with Crippen LogP contribution in [0.1, 0.15) is 48.2 Å². The number of morpholine rings is 1. The summed E-state index contributed by atoms with van der Waals surface area (Å²) in [5.41, 5.74) is 3.06. The monoisotopic (exact) mass is 438 g/mol. The molecule has 0 saturated carbocycles. The van der Waals surface area contributed by atoms with E-state index in [1.807, 2.05) is 33.8 Å². The predicted octanol–water partition coefficient (Wildman–Crippen LogP) is 4.60. The lowest BCUT2D eigenvalue weighted by Gasteiger charge is -2.27. The van der Waals surface area contributed by atoms with Gasteiger partial charge < -0.3 is 19.7 Å². The summed E-state index contributed by atoms with van der Waals surface area (Å²) in [5.74, 6) is 0.853. The van der Waals surface area contributed by atoms with Gasteiger partial charge in [0.15, 0.2) is 0 Å². The third-order valence-corrected chi connectivity index (χ3v) is 5.85. The Hall–Kier alpha value is -2.86. The molecule has 2 aromatic carbocycles. The van der Waals surface area contributed by atoms with Gasteiger partial charge in [-0.1, -0.05) is 26.0 Å². The van der Waals surface area contributed by atoms with E-state index in [9.17, 15) is 9.59 Å². The summed E-state index contributed by atoms with van der Waals surface area (Å²) in [6, 6.07) is 13.3. The standard InChI is InChI=1S/C26H34N2O4/c1-19-6-7-20(2)23(18-19)32-15-5-12-26(3,4)25(30)27-22-10-8-21(9-11-22)24(29)28-13-16-31-17-14-28/h6-11,18H,5,12-17H2,1-4H3,(H,27,30). The van der Waals surface area contributed by atoms with Gasteiger partial charge in [-0.05, 0) is 68.1 Å². The molecule has 3 rings (SSSR count). The summed E-state index contributed by atoms with van der Waals surface area (Å²) < 4.78 is 11.2. The summed E-state index contributed by atoms with van der Waals surface area (Å²) >= 11 is 0. The lowest BCUT2D eigenvalue weighted by Crippen LogP contribution is -2.40. The highest BCUT2D eigenvalue weighted by Crippen LogP contribution is 2.26. The molecule has 0 aliphatic carbocycles. The second-order valence-corrected chi connectivity index (χ2v) is 9.04. The van der Waals surface area contributed by atoms with Crippen molar-refractivity contribution in [3.05, 3.63) is 59.2 Å². The van der Waals surface area contributed by atoms with Crippen LogP contribution in [-0.4, -0.2) is 49.6 Å². The first-order valence-electron chi connectivity index (χ1n) is 11.2. The van der Waals surface area contributed by atoms with Crippen molar-refractivity contribution in [2.45, 2.75) is 40.5 Å². The average Bonchev–Trinajstić information content (AvgIpc) is 2.79. The van der Waals surface area contributed by atoms with Gasteiger partial charge in [0, 0.05) is 29.8 Å². The van der Waals surface area contributed by atoms with E-state index >= 15 is 0 Å². The van der Waals surface area contributed by atoms with E-state index in [1.165, 1.54) is 5.56 Å². The molecule has 0 atom stereocenters. The van der Waals surface area contributed by atoms with Crippen molar-refractivity contribution in [3.8, 4) is 5.75 Å². The number of ether oxygens (including phenoxy) is 2. The molecule has 0 bridgehead atoms. The maximum absolute atomic E-state index is 12.8. The minimum Gasteiger partial charge on any atom is -0.493 e. The van der Waals surface area contributed by atoms with Crippen LogP contribution in [-0.2, 0) is 9.53 Å². The van der Waals surface area contributed by atoms with Gasteiger partial charge in [0.25, 0.3) is 5.91 Å². The molecular weight excluding hydrogens is 404 g/mol. The zero-order chi connectivity index (χ0) is 23.1. The molecule has 0 radical (unpaired) electrons. The van der Waals surface area contributed by atoms with Gasteiger partial charge >= 0.3 is 0 Å². The second kappa shape index (κ2) is 10.6. The molecule has 32 heavy (non-hydrogen) atoms. The number of carbonyl (C=O) groups is 2. The SMILES string of the molecule is Cc1ccc(C)c(OCCCC(C)(C)C(=O)Nc2ccc(C(=O)N3CCOCC3)cc2)c1. The first-order chi connectivity index (χ1) is 15.3. The summed E-state index contributed by atoms with van der Waals surface area (Å²) in [4.78, 5) is 27.2. The Morgan fingerprint density at radius 1 is 1.06 bits per heavy atom. The first-order valence-corrected chi connectivity index (χ1v) is 11.2. The molecule has 1 heterocycles. The molecule has 6 nitrogen and oxygen atoms in total. The molecule has 2 amide bonds. The van der Waals surface area contributed by atoms with Crippen LogP contribution in [0.15, 0.2) is 42.5 Å². The van der Waals surface area contributed by atoms with Crippen LogP contribution in [0.25, 0.3) is 0 Å². The van der Waals surface area contributed by atoms with E-state index in [0.717, 1.165) is 17.7 Å². The van der Waals surface area contributed by atoms with E-state index in [-0.39, 0.29) is 11.8 Å². The van der Waals surface area contributed by atoms with Gasteiger partial charge in [0.1, 0.15) is 5.75 Å². The lowest BCUT2D eigenvalue weighted by molar-refractivity contribution is -0.124. The zero-order valence-corrected chi connectivity index (χ0v) is 19.6. The number of aryl methyl sites for hydroxylation is 2. The molecule has 1 aliphatic heterocycles. The minimum atomic E-state index is -0.534. The molecule has 0 unspecified atom stereocenters. The van der Waals surface area contributed by atoms with E-state index in [4.69, 9.17) is 9.47 Å². The third-order valence-electron chi connectivity index (χ3n) is 5.85. The number of rotatable bonds is 8. The van der Waals surface area contributed by atoms with E-state index < -0.39 is 5.41 Å². The molecule has 172 valence electrons. The number of nitrogens with one attached hydrogen (secondary N) is 1. The summed E-state index contributed by atoms with van der Waals surface area (Å²) in [6.45, 7) is 10.9. The van der Waals surface area contributed by atoms with Crippen molar-refractivity contribution < 1.29 is 19.1 Å². The minimum absolute atomic E-state index is 0.00430. The predicted molar refractivity (Wildman–Crippen MR) is 126 cm³/mol. The normalized spacial score (nSPS) is 14.2. The number of hydrogen-bond acceptors (Lipinski definition) is 4.